The molecule has 0 aliphatic carbocycles. The summed E-state index contributed by atoms with van der Waals surface area (Å²) in [6, 6.07) is 0.204. The Morgan fingerprint density at radius 3 is 2.65 bits per heavy atom. The van der Waals surface area contributed by atoms with E-state index in [1.54, 1.807) is 10.8 Å². The summed E-state index contributed by atoms with van der Waals surface area (Å²) in [6.07, 6.45) is 3.83. The van der Waals surface area contributed by atoms with Gasteiger partial charge in [0.15, 0.2) is 5.03 Å². The Kier molecular flexibility index (Phi) is 5.10. The van der Waals surface area contributed by atoms with Gasteiger partial charge in [-0.1, -0.05) is 0 Å². The van der Waals surface area contributed by atoms with Crippen LogP contribution in [0.5, 0.6) is 0 Å². The second-order valence-electron chi connectivity index (χ2n) is 4.11. The van der Waals surface area contributed by atoms with Gasteiger partial charge in [-0.25, -0.2) is 18.1 Å². The molecule has 1 aromatic rings. The van der Waals surface area contributed by atoms with E-state index < -0.39 is 10.0 Å². The fraction of sp³-hybridized carbons (Fsp3) is 0.700. The molecule has 0 radical (unpaired) electrons. The van der Waals surface area contributed by atoms with Crippen molar-refractivity contribution in [3.63, 3.8) is 0 Å². The summed E-state index contributed by atoms with van der Waals surface area (Å²) in [5.41, 5.74) is 0. The van der Waals surface area contributed by atoms with Crippen LogP contribution in [0.15, 0.2) is 17.6 Å². The predicted octanol–water partition coefficient (Wildman–Crippen LogP) is 0.352. The van der Waals surface area contributed by atoms with Crippen LogP contribution in [0.2, 0.25) is 0 Å². The molecule has 0 fully saturated rings. The highest BCUT2D eigenvalue weighted by Gasteiger charge is 2.16. The van der Waals surface area contributed by atoms with Crippen LogP contribution in [-0.4, -0.2) is 38.1 Å². The zero-order valence-electron chi connectivity index (χ0n) is 10.5. The minimum atomic E-state index is -3.46. The summed E-state index contributed by atoms with van der Waals surface area (Å²) in [7, 11) is -1.63. The molecule has 6 nitrogen and oxygen atoms in total. The SMILES string of the molecule is CNCCCNS(=O)(=O)c1cn(C(C)C)cn1. The van der Waals surface area contributed by atoms with E-state index in [0.717, 1.165) is 13.0 Å². The van der Waals surface area contributed by atoms with Crippen LogP contribution >= 0.6 is 0 Å². The highest BCUT2D eigenvalue weighted by Crippen LogP contribution is 2.09. The number of aromatic nitrogens is 2. The van der Waals surface area contributed by atoms with Gasteiger partial charge in [-0.3, -0.25) is 0 Å². The smallest absolute Gasteiger partial charge is 0.259 e. The highest BCUT2D eigenvalue weighted by atomic mass is 32.2. The summed E-state index contributed by atoms with van der Waals surface area (Å²) in [6.45, 7) is 5.14. The highest BCUT2D eigenvalue weighted by molar-refractivity contribution is 7.89. The predicted molar refractivity (Wildman–Crippen MR) is 66.3 cm³/mol. The molecule has 0 saturated carbocycles. The van der Waals surface area contributed by atoms with Gasteiger partial charge in [-0.05, 0) is 33.9 Å². The van der Waals surface area contributed by atoms with Gasteiger partial charge in [-0.2, -0.15) is 0 Å². The lowest BCUT2D eigenvalue weighted by Crippen LogP contribution is -2.27. The second-order valence-corrected chi connectivity index (χ2v) is 5.82. The zero-order chi connectivity index (χ0) is 12.9. The number of hydrogen-bond donors (Lipinski definition) is 2. The van der Waals surface area contributed by atoms with E-state index in [9.17, 15) is 8.42 Å². The number of rotatable bonds is 7. The fourth-order valence-electron chi connectivity index (χ4n) is 1.28. The summed E-state index contributed by atoms with van der Waals surface area (Å²) in [4.78, 5) is 3.90. The molecule has 0 aliphatic heterocycles. The largest absolute Gasteiger partial charge is 0.334 e. The summed E-state index contributed by atoms with van der Waals surface area (Å²) >= 11 is 0. The Balaban J connectivity index is 2.62. The standard InChI is InChI=1S/C10H20N4O2S/c1-9(2)14-7-10(12-8-14)17(15,16)13-6-4-5-11-3/h7-9,11,13H,4-6H2,1-3H3. The van der Waals surface area contributed by atoms with E-state index in [4.69, 9.17) is 0 Å². The molecule has 2 N–H and O–H groups in total. The van der Waals surface area contributed by atoms with Crippen molar-refractivity contribution >= 4 is 10.0 Å². The third-order valence-electron chi connectivity index (χ3n) is 2.35. The quantitative estimate of drug-likeness (QED) is 0.694. The van der Waals surface area contributed by atoms with Crippen molar-refractivity contribution in [1.29, 1.82) is 0 Å². The molecular weight excluding hydrogens is 240 g/mol. The van der Waals surface area contributed by atoms with Gasteiger partial charge in [-0.15, -0.1) is 0 Å². The molecule has 1 aromatic heterocycles. The molecule has 7 heteroatoms. The lowest BCUT2D eigenvalue weighted by molar-refractivity contribution is 0.572. The fourth-order valence-corrected chi connectivity index (χ4v) is 2.29. The lowest BCUT2D eigenvalue weighted by Gasteiger charge is -2.05. The first kappa shape index (κ1) is 14.1. The van der Waals surface area contributed by atoms with E-state index in [1.165, 1.54) is 6.33 Å². The average Bonchev–Trinajstić information content (AvgIpc) is 2.74. The van der Waals surface area contributed by atoms with Gasteiger partial charge in [0.1, 0.15) is 0 Å². The van der Waals surface area contributed by atoms with E-state index >= 15 is 0 Å². The topological polar surface area (TPSA) is 76.0 Å². The zero-order valence-corrected chi connectivity index (χ0v) is 11.3. The molecule has 0 saturated heterocycles. The van der Waals surface area contributed by atoms with E-state index in [2.05, 4.69) is 15.0 Å². The van der Waals surface area contributed by atoms with Crippen LogP contribution in [0.1, 0.15) is 26.3 Å². The van der Waals surface area contributed by atoms with Crippen molar-refractivity contribution < 1.29 is 8.42 Å². The monoisotopic (exact) mass is 260 g/mol. The van der Waals surface area contributed by atoms with Gasteiger partial charge >= 0.3 is 0 Å². The van der Waals surface area contributed by atoms with Gasteiger partial charge in [0.2, 0.25) is 0 Å². The minimum absolute atomic E-state index is 0.0793. The maximum atomic E-state index is 11.8. The first-order chi connectivity index (χ1) is 7.97. The van der Waals surface area contributed by atoms with Crippen molar-refractivity contribution in [2.75, 3.05) is 20.1 Å². The van der Waals surface area contributed by atoms with Crippen LogP contribution in [0, 0.1) is 0 Å². The Bertz CT molecular complexity index is 439. The minimum Gasteiger partial charge on any atom is -0.334 e. The van der Waals surface area contributed by atoms with Crippen LogP contribution < -0.4 is 10.0 Å². The van der Waals surface area contributed by atoms with Gasteiger partial charge < -0.3 is 9.88 Å². The van der Waals surface area contributed by atoms with Crippen molar-refractivity contribution in [1.82, 2.24) is 19.6 Å². The molecule has 0 aromatic carbocycles. The maximum Gasteiger partial charge on any atom is 0.259 e. The Morgan fingerprint density at radius 2 is 2.12 bits per heavy atom. The molecule has 0 bridgehead atoms. The number of hydrogen-bond acceptors (Lipinski definition) is 4. The summed E-state index contributed by atoms with van der Waals surface area (Å²) < 4.78 is 27.9. The van der Waals surface area contributed by atoms with E-state index in [1.807, 2.05) is 20.9 Å². The van der Waals surface area contributed by atoms with Gasteiger partial charge in [0.25, 0.3) is 10.0 Å². The first-order valence-electron chi connectivity index (χ1n) is 5.65. The van der Waals surface area contributed by atoms with Crippen LogP contribution in [0.25, 0.3) is 0 Å². The molecule has 0 spiro atoms. The molecule has 0 amide bonds. The van der Waals surface area contributed by atoms with E-state index in [0.29, 0.717) is 6.54 Å². The molecule has 1 heterocycles. The van der Waals surface area contributed by atoms with E-state index in [-0.39, 0.29) is 11.1 Å². The number of nitrogens with one attached hydrogen (secondary N) is 2. The van der Waals surface area contributed by atoms with Crippen molar-refractivity contribution in [3.05, 3.63) is 12.5 Å². The number of imidazole rings is 1. The summed E-state index contributed by atoms with van der Waals surface area (Å²) in [5.74, 6) is 0. The average molecular weight is 260 g/mol. The Hall–Kier alpha value is -0.920. The number of sulfonamides is 1. The van der Waals surface area contributed by atoms with Crippen LogP contribution in [0.3, 0.4) is 0 Å². The number of nitrogens with zero attached hydrogens (tertiary/aromatic N) is 2. The van der Waals surface area contributed by atoms with Crippen molar-refractivity contribution in [2.45, 2.75) is 31.3 Å². The molecule has 17 heavy (non-hydrogen) atoms. The second kappa shape index (κ2) is 6.13. The maximum absolute atomic E-state index is 11.8. The normalized spacial score (nSPS) is 12.2. The molecule has 0 unspecified atom stereocenters. The molecular formula is C10H20N4O2S. The Labute approximate surface area is 102 Å². The van der Waals surface area contributed by atoms with Crippen LogP contribution in [0.4, 0.5) is 0 Å². The van der Waals surface area contributed by atoms with Gasteiger partial charge in [0, 0.05) is 18.8 Å². The molecule has 0 aliphatic rings. The van der Waals surface area contributed by atoms with Crippen LogP contribution in [-0.2, 0) is 10.0 Å². The lowest BCUT2D eigenvalue weighted by atomic mass is 10.4. The van der Waals surface area contributed by atoms with Crippen molar-refractivity contribution in [3.8, 4) is 0 Å². The summed E-state index contributed by atoms with van der Waals surface area (Å²) in [5, 5.41) is 3.04. The van der Waals surface area contributed by atoms with Gasteiger partial charge in [0.05, 0.1) is 6.33 Å². The third-order valence-corrected chi connectivity index (χ3v) is 3.69. The molecule has 1 rings (SSSR count). The van der Waals surface area contributed by atoms with Crippen molar-refractivity contribution in [2.24, 2.45) is 0 Å². The molecule has 98 valence electrons. The molecule has 0 atom stereocenters. The Morgan fingerprint density at radius 1 is 1.41 bits per heavy atom. The first-order valence-corrected chi connectivity index (χ1v) is 7.13. The third kappa shape index (κ3) is 4.10.